The van der Waals surface area contributed by atoms with Gasteiger partial charge in [-0.15, -0.1) is 0 Å². The molecular weight excluding hydrogens is 669 g/mol. The van der Waals surface area contributed by atoms with E-state index in [1.54, 1.807) is 0 Å². The van der Waals surface area contributed by atoms with Gasteiger partial charge in [-0.2, -0.15) is 0 Å². The highest BCUT2D eigenvalue weighted by Gasteiger charge is 2.41. The molecule has 55 heavy (non-hydrogen) atoms. The molecule has 0 unspecified atom stereocenters. The van der Waals surface area contributed by atoms with Gasteiger partial charge in [0.25, 0.3) is 0 Å². The summed E-state index contributed by atoms with van der Waals surface area (Å²) in [5, 5.41) is 3.75. The maximum absolute atomic E-state index is 5.20. The maximum Gasteiger partial charge on any atom is 0.160 e. The van der Waals surface area contributed by atoms with Gasteiger partial charge in [0.05, 0.1) is 33.6 Å². The van der Waals surface area contributed by atoms with Crippen LogP contribution in [0.15, 0.2) is 182 Å². The van der Waals surface area contributed by atoms with Gasteiger partial charge in [0.15, 0.2) is 5.82 Å². The average molecular weight is 705 g/mol. The van der Waals surface area contributed by atoms with Crippen molar-refractivity contribution in [2.75, 3.05) is 0 Å². The molecule has 1 aliphatic rings. The van der Waals surface area contributed by atoms with Gasteiger partial charge >= 0.3 is 0 Å². The van der Waals surface area contributed by atoms with Gasteiger partial charge in [0, 0.05) is 55.2 Å². The van der Waals surface area contributed by atoms with Crippen molar-refractivity contribution in [3.05, 3.63) is 193 Å². The lowest BCUT2D eigenvalue weighted by atomic mass is 9.81. The Labute approximate surface area is 319 Å². The van der Waals surface area contributed by atoms with Crippen LogP contribution in [0.4, 0.5) is 0 Å². The fraction of sp³-hybridized carbons (Fsp3) is 0.0588. The van der Waals surface area contributed by atoms with Crippen LogP contribution in [-0.4, -0.2) is 19.1 Å². The summed E-state index contributed by atoms with van der Waals surface area (Å²) in [6, 6.07) is 64.9. The van der Waals surface area contributed by atoms with E-state index in [2.05, 4.69) is 193 Å². The largest absolute Gasteiger partial charge is 0.309 e. The fourth-order valence-corrected chi connectivity index (χ4v) is 9.05. The van der Waals surface area contributed by atoms with Crippen LogP contribution in [0, 0.1) is 0 Å². The Morgan fingerprint density at radius 3 is 1.78 bits per heavy atom. The van der Waals surface area contributed by atoms with Crippen LogP contribution in [0.5, 0.6) is 0 Å². The van der Waals surface area contributed by atoms with Gasteiger partial charge in [0.1, 0.15) is 0 Å². The molecule has 0 aliphatic heterocycles. The van der Waals surface area contributed by atoms with Gasteiger partial charge in [-0.25, -0.2) is 9.97 Å². The highest BCUT2D eigenvalue weighted by Crippen LogP contribution is 2.55. The zero-order valence-corrected chi connectivity index (χ0v) is 30.6. The molecule has 11 rings (SSSR count). The van der Waals surface area contributed by atoms with Crippen molar-refractivity contribution >= 4 is 32.7 Å². The first-order valence-corrected chi connectivity index (χ1v) is 18.9. The zero-order valence-electron chi connectivity index (χ0n) is 30.6. The second-order valence-electron chi connectivity index (χ2n) is 15.0. The van der Waals surface area contributed by atoms with Gasteiger partial charge in [0.2, 0.25) is 0 Å². The Morgan fingerprint density at radius 2 is 1.05 bits per heavy atom. The third-order valence-electron chi connectivity index (χ3n) is 11.5. The minimum atomic E-state index is -0.221. The lowest BCUT2D eigenvalue weighted by molar-refractivity contribution is 0.666. The van der Waals surface area contributed by atoms with Crippen LogP contribution in [0.3, 0.4) is 0 Å². The van der Waals surface area contributed by atoms with E-state index < -0.39 is 0 Å². The van der Waals surface area contributed by atoms with Crippen molar-refractivity contribution in [1.29, 1.82) is 0 Å². The molecule has 0 saturated heterocycles. The normalized spacial score (nSPS) is 13.1. The van der Waals surface area contributed by atoms with Gasteiger partial charge in [-0.1, -0.05) is 153 Å². The van der Waals surface area contributed by atoms with Crippen LogP contribution in [0.1, 0.15) is 25.0 Å². The third kappa shape index (κ3) is 4.71. The smallest absolute Gasteiger partial charge is 0.160 e. The Kier molecular flexibility index (Phi) is 6.86. The molecule has 3 heterocycles. The average Bonchev–Trinajstić information content (AvgIpc) is 3.86. The van der Waals surface area contributed by atoms with E-state index in [9.17, 15) is 0 Å². The number of benzene rings is 7. The summed E-state index contributed by atoms with van der Waals surface area (Å²) in [5.74, 6) is 0.695. The van der Waals surface area contributed by atoms with Gasteiger partial charge < -0.3 is 9.13 Å². The van der Waals surface area contributed by atoms with Crippen molar-refractivity contribution < 1.29 is 0 Å². The topological polar surface area (TPSA) is 35.6 Å². The van der Waals surface area contributed by atoms with Crippen molar-refractivity contribution in [3.63, 3.8) is 0 Å². The summed E-state index contributed by atoms with van der Waals surface area (Å²) in [4.78, 5) is 10.4. The molecule has 0 radical (unpaired) electrons. The number of aromatic nitrogens is 4. The number of hydrogen-bond acceptors (Lipinski definition) is 2. The summed E-state index contributed by atoms with van der Waals surface area (Å²) in [5.41, 5.74) is 15.8. The number of rotatable bonds is 5. The molecule has 7 aromatic carbocycles. The lowest BCUT2D eigenvalue weighted by Crippen LogP contribution is -2.15. The number of nitrogens with zero attached hydrogens (tertiary/aromatic N) is 4. The molecule has 0 spiro atoms. The molecule has 0 amide bonds. The highest BCUT2D eigenvalue weighted by molar-refractivity contribution is 6.21. The van der Waals surface area contributed by atoms with Crippen molar-refractivity contribution in [2.24, 2.45) is 0 Å². The molecule has 0 N–H and O–H groups in total. The van der Waals surface area contributed by atoms with E-state index in [1.165, 1.54) is 55.1 Å². The molecule has 1 aliphatic carbocycles. The lowest BCUT2D eigenvalue weighted by Gasteiger charge is -2.22. The van der Waals surface area contributed by atoms with Gasteiger partial charge in [-0.05, 0) is 53.6 Å². The van der Waals surface area contributed by atoms with Crippen molar-refractivity contribution in [3.8, 4) is 56.5 Å². The number of para-hydroxylation sites is 2. The number of hydrogen-bond donors (Lipinski definition) is 0. The van der Waals surface area contributed by atoms with Crippen LogP contribution in [0.25, 0.3) is 89.2 Å². The fourth-order valence-electron chi connectivity index (χ4n) is 9.05. The molecule has 3 aromatic heterocycles. The van der Waals surface area contributed by atoms with Crippen LogP contribution in [0.2, 0.25) is 0 Å². The van der Waals surface area contributed by atoms with E-state index >= 15 is 0 Å². The first kappa shape index (κ1) is 31.5. The Morgan fingerprint density at radius 1 is 0.455 bits per heavy atom. The van der Waals surface area contributed by atoms with Gasteiger partial charge in [-0.3, -0.25) is 0 Å². The quantitative estimate of drug-likeness (QED) is 0.179. The minimum absolute atomic E-state index is 0.221. The van der Waals surface area contributed by atoms with E-state index in [4.69, 9.17) is 9.97 Å². The van der Waals surface area contributed by atoms with Crippen molar-refractivity contribution in [2.45, 2.75) is 19.3 Å². The van der Waals surface area contributed by atoms with E-state index in [0.717, 1.165) is 39.5 Å². The third-order valence-corrected chi connectivity index (χ3v) is 11.5. The maximum atomic E-state index is 5.20. The first-order valence-electron chi connectivity index (χ1n) is 18.9. The van der Waals surface area contributed by atoms with Crippen LogP contribution in [-0.2, 0) is 5.41 Å². The predicted octanol–water partition coefficient (Wildman–Crippen LogP) is 12.8. The molecule has 0 saturated carbocycles. The molecular formula is C51H36N4. The van der Waals surface area contributed by atoms with Crippen LogP contribution < -0.4 is 0 Å². The molecule has 4 nitrogen and oxygen atoms in total. The summed E-state index contributed by atoms with van der Waals surface area (Å²) < 4.78 is 4.97. The second-order valence-corrected chi connectivity index (χ2v) is 15.0. The first-order chi connectivity index (χ1) is 27.1. The molecule has 0 bridgehead atoms. The molecule has 4 heteroatoms. The predicted molar refractivity (Wildman–Crippen MR) is 227 cm³/mol. The van der Waals surface area contributed by atoms with E-state index in [-0.39, 0.29) is 5.41 Å². The minimum Gasteiger partial charge on any atom is -0.309 e. The van der Waals surface area contributed by atoms with Crippen LogP contribution >= 0.6 is 0 Å². The standard InChI is InChI=1S/C51H36N4/c1-51(2)41-27-14-12-26-40(41)49-47(51)46-45(54(49)36-22-10-5-11-23-36)30-29-39-38-25-13-15-28-44(38)55(48(39)46)37-24-16-21-35(31-37)50-52-42(33-17-6-3-7-18-33)32-43(53-50)34-19-8-4-9-20-34/h3-32H,1-2H3. The Hall–Kier alpha value is -7.04. The summed E-state index contributed by atoms with van der Waals surface area (Å²) in [6.45, 7) is 4.78. The molecule has 0 atom stereocenters. The van der Waals surface area contributed by atoms with Crippen molar-refractivity contribution in [1.82, 2.24) is 19.1 Å². The summed E-state index contributed by atoms with van der Waals surface area (Å²) >= 11 is 0. The SMILES string of the molecule is CC1(C)c2ccccc2-c2c1c1c(ccc3c4ccccc4n(-c4cccc(-c5nc(-c6ccccc6)cc(-c6ccccc6)n5)c4)c31)n2-c1ccccc1. The molecule has 10 aromatic rings. The Balaban J connectivity index is 1.21. The molecule has 260 valence electrons. The van der Waals surface area contributed by atoms with E-state index in [1.807, 2.05) is 12.1 Å². The van der Waals surface area contributed by atoms with E-state index in [0.29, 0.717) is 5.82 Å². The second kappa shape index (κ2) is 12.0. The summed E-state index contributed by atoms with van der Waals surface area (Å²) in [6.07, 6.45) is 0. The monoisotopic (exact) mass is 704 g/mol. The Bertz CT molecular complexity index is 3040. The number of fused-ring (bicyclic) bond motifs is 9. The highest BCUT2D eigenvalue weighted by atomic mass is 15.0. The zero-order chi connectivity index (χ0) is 36.7. The summed E-state index contributed by atoms with van der Waals surface area (Å²) in [7, 11) is 0. The molecule has 0 fully saturated rings.